The molecule has 0 N–H and O–H groups in total. The minimum absolute atomic E-state index is 0.0579. The largest absolute Gasteiger partial charge is 0.339 e. The van der Waals surface area contributed by atoms with Gasteiger partial charge in [-0.1, -0.05) is 47.9 Å². The lowest BCUT2D eigenvalue weighted by atomic mass is 9.84. The summed E-state index contributed by atoms with van der Waals surface area (Å²) < 4.78 is 1.76. The Morgan fingerprint density at radius 2 is 1.71 bits per heavy atom. The number of piperazine rings is 1. The van der Waals surface area contributed by atoms with E-state index in [0.29, 0.717) is 37.9 Å². The lowest BCUT2D eigenvalue weighted by Crippen LogP contribution is -2.52. The Labute approximate surface area is 188 Å². The van der Waals surface area contributed by atoms with Crippen LogP contribution < -0.4 is 0 Å². The number of rotatable bonds is 5. The Morgan fingerprint density at radius 3 is 2.32 bits per heavy atom. The van der Waals surface area contributed by atoms with Gasteiger partial charge in [0.25, 0.3) is 0 Å². The summed E-state index contributed by atoms with van der Waals surface area (Å²) in [5.74, 6) is 0.415. The molecule has 31 heavy (non-hydrogen) atoms. The second-order valence-electron chi connectivity index (χ2n) is 8.54. The maximum absolute atomic E-state index is 12.7. The number of carbonyl (C=O) groups is 2. The van der Waals surface area contributed by atoms with E-state index < -0.39 is 0 Å². The predicted octanol–water partition coefficient (Wildman–Crippen LogP) is 3.69. The molecule has 1 aromatic carbocycles. The first-order valence-electron chi connectivity index (χ1n) is 11.0. The highest BCUT2D eigenvalue weighted by molar-refractivity contribution is 6.31. The van der Waals surface area contributed by atoms with Gasteiger partial charge < -0.3 is 9.80 Å². The van der Waals surface area contributed by atoms with E-state index in [1.807, 2.05) is 11.8 Å². The molecule has 7 heteroatoms. The number of benzene rings is 1. The van der Waals surface area contributed by atoms with E-state index >= 15 is 0 Å². The van der Waals surface area contributed by atoms with Crippen LogP contribution in [0.5, 0.6) is 0 Å². The van der Waals surface area contributed by atoms with Crippen LogP contribution in [0.4, 0.5) is 0 Å². The van der Waals surface area contributed by atoms with Crippen LogP contribution in [0, 0.1) is 19.8 Å². The highest BCUT2D eigenvalue weighted by Crippen LogP contribution is 2.28. The summed E-state index contributed by atoms with van der Waals surface area (Å²) in [7, 11) is 0. The molecule has 0 spiro atoms. The van der Waals surface area contributed by atoms with Crippen LogP contribution in [0.1, 0.15) is 41.6 Å². The van der Waals surface area contributed by atoms with E-state index in [2.05, 4.69) is 36.3 Å². The van der Waals surface area contributed by atoms with Crippen molar-refractivity contribution in [2.75, 3.05) is 26.2 Å². The molecule has 2 heterocycles. The Balaban J connectivity index is 1.36. The topological polar surface area (TPSA) is 58.4 Å². The molecule has 1 aliphatic heterocycles. The van der Waals surface area contributed by atoms with Gasteiger partial charge in [0.05, 0.1) is 12.2 Å². The van der Waals surface area contributed by atoms with E-state index in [4.69, 9.17) is 11.6 Å². The van der Waals surface area contributed by atoms with Crippen molar-refractivity contribution in [2.24, 2.45) is 5.92 Å². The molecule has 6 nitrogen and oxygen atoms in total. The molecule has 1 saturated carbocycles. The fourth-order valence-corrected chi connectivity index (χ4v) is 4.35. The average Bonchev–Trinajstić information content (AvgIpc) is 2.99. The van der Waals surface area contributed by atoms with Crippen molar-refractivity contribution in [3.05, 3.63) is 57.9 Å². The van der Waals surface area contributed by atoms with Gasteiger partial charge in [0.2, 0.25) is 11.8 Å². The molecule has 2 aliphatic rings. The zero-order valence-corrected chi connectivity index (χ0v) is 18.9. The molecule has 1 aliphatic carbocycles. The number of hydrogen-bond donors (Lipinski definition) is 0. The fourth-order valence-electron chi connectivity index (χ4n) is 4.05. The maximum Gasteiger partial charge on any atom is 0.246 e. The number of carbonyl (C=O) groups excluding carboxylic acids is 2. The van der Waals surface area contributed by atoms with Crippen molar-refractivity contribution in [1.29, 1.82) is 0 Å². The summed E-state index contributed by atoms with van der Waals surface area (Å²) in [6.07, 6.45) is 6.50. The Morgan fingerprint density at radius 1 is 1.06 bits per heavy atom. The number of amides is 2. The van der Waals surface area contributed by atoms with Crippen molar-refractivity contribution in [2.45, 2.75) is 39.7 Å². The third-order valence-electron chi connectivity index (χ3n) is 6.31. The van der Waals surface area contributed by atoms with Gasteiger partial charge in [0.15, 0.2) is 0 Å². The summed E-state index contributed by atoms with van der Waals surface area (Å²) in [4.78, 5) is 28.7. The second kappa shape index (κ2) is 9.27. The van der Waals surface area contributed by atoms with Gasteiger partial charge in [0, 0.05) is 43.7 Å². The van der Waals surface area contributed by atoms with Gasteiger partial charge in [-0.05, 0) is 38.3 Å². The maximum atomic E-state index is 12.7. The van der Waals surface area contributed by atoms with Gasteiger partial charge in [-0.15, -0.1) is 0 Å². The summed E-state index contributed by atoms with van der Waals surface area (Å²) in [5.41, 5.74) is 3.88. The monoisotopic (exact) mass is 440 g/mol. The van der Waals surface area contributed by atoms with Crippen LogP contribution >= 0.6 is 11.6 Å². The molecule has 0 radical (unpaired) electrons. The molecule has 0 atom stereocenters. The van der Waals surface area contributed by atoms with Crippen LogP contribution in [0.2, 0.25) is 5.15 Å². The lowest BCUT2D eigenvalue weighted by molar-refractivity contribution is -0.142. The van der Waals surface area contributed by atoms with Crippen molar-refractivity contribution in [1.82, 2.24) is 19.6 Å². The molecule has 2 aromatic rings. The van der Waals surface area contributed by atoms with E-state index in [0.717, 1.165) is 36.1 Å². The van der Waals surface area contributed by atoms with Crippen molar-refractivity contribution in [3.8, 4) is 0 Å². The molecular formula is C24H29ClN4O2. The molecule has 1 saturated heterocycles. The summed E-state index contributed by atoms with van der Waals surface area (Å²) >= 11 is 6.56. The fraction of sp³-hybridized carbons (Fsp3) is 0.458. The molecule has 2 amide bonds. The van der Waals surface area contributed by atoms with E-state index in [-0.39, 0.29) is 17.7 Å². The van der Waals surface area contributed by atoms with Crippen LogP contribution in [-0.2, 0) is 16.1 Å². The summed E-state index contributed by atoms with van der Waals surface area (Å²) in [6.45, 7) is 6.90. The number of aryl methyl sites for hydroxylation is 2. The quantitative estimate of drug-likeness (QED) is 0.666. The number of nitrogens with zero attached hydrogens (tertiary/aromatic N) is 4. The first kappa shape index (κ1) is 21.6. The third kappa shape index (κ3) is 4.85. The summed E-state index contributed by atoms with van der Waals surface area (Å²) in [5, 5.41) is 5.07. The van der Waals surface area contributed by atoms with Gasteiger partial charge in [-0.25, -0.2) is 4.68 Å². The zero-order chi connectivity index (χ0) is 22.0. The van der Waals surface area contributed by atoms with Gasteiger partial charge in [0.1, 0.15) is 5.15 Å². The first-order valence-corrected chi connectivity index (χ1v) is 11.3. The highest BCUT2D eigenvalue weighted by atomic mass is 35.5. The predicted molar refractivity (Wildman–Crippen MR) is 122 cm³/mol. The Hall–Kier alpha value is -2.60. The van der Waals surface area contributed by atoms with Gasteiger partial charge in [-0.3, -0.25) is 9.59 Å². The molecular weight excluding hydrogens is 412 g/mol. The van der Waals surface area contributed by atoms with E-state index in [1.54, 1.807) is 21.7 Å². The average molecular weight is 441 g/mol. The van der Waals surface area contributed by atoms with Gasteiger partial charge >= 0.3 is 0 Å². The van der Waals surface area contributed by atoms with Crippen molar-refractivity contribution < 1.29 is 9.59 Å². The molecule has 4 rings (SSSR count). The Kier molecular flexibility index (Phi) is 6.46. The number of halogens is 1. The van der Waals surface area contributed by atoms with Crippen molar-refractivity contribution >= 4 is 29.5 Å². The van der Waals surface area contributed by atoms with E-state index in [9.17, 15) is 9.59 Å². The van der Waals surface area contributed by atoms with Crippen LogP contribution in [-0.4, -0.2) is 57.6 Å². The molecule has 164 valence electrons. The molecule has 0 bridgehead atoms. The molecule has 2 fully saturated rings. The highest BCUT2D eigenvalue weighted by Gasteiger charge is 2.31. The summed E-state index contributed by atoms with van der Waals surface area (Å²) in [6, 6.07) is 8.27. The molecule has 0 unspecified atom stereocenters. The lowest BCUT2D eigenvalue weighted by Gasteiger charge is -2.37. The second-order valence-corrected chi connectivity index (χ2v) is 8.90. The Bertz CT molecular complexity index is 984. The van der Waals surface area contributed by atoms with Crippen LogP contribution in [0.3, 0.4) is 0 Å². The van der Waals surface area contributed by atoms with E-state index in [1.165, 1.54) is 5.56 Å². The smallest absolute Gasteiger partial charge is 0.246 e. The molecule has 1 aromatic heterocycles. The SMILES string of the molecule is Cc1ccc(Cn2nc(C)c(/C=C/C(=O)N3CCN(C(=O)C4CCC4)CC3)c2Cl)cc1. The first-order chi connectivity index (χ1) is 14.9. The standard InChI is InChI=1S/C24H29ClN4O2/c1-17-6-8-19(9-7-17)16-29-23(25)21(18(2)26-29)10-11-22(30)27-12-14-28(15-13-27)24(31)20-4-3-5-20/h6-11,20H,3-5,12-16H2,1-2H3/b11-10+. The minimum Gasteiger partial charge on any atom is -0.339 e. The zero-order valence-electron chi connectivity index (χ0n) is 18.2. The van der Waals surface area contributed by atoms with Crippen LogP contribution in [0.25, 0.3) is 6.08 Å². The van der Waals surface area contributed by atoms with Crippen molar-refractivity contribution in [3.63, 3.8) is 0 Å². The van der Waals surface area contributed by atoms with Crippen LogP contribution in [0.15, 0.2) is 30.3 Å². The third-order valence-corrected chi connectivity index (χ3v) is 6.71. The number of hydrogen-bond acceptors (Lipinski definition) is 3. The number of aromatic nitrogens is 2. The minimum atomic E-state index is -0.0579. The normalized spacial score (nSPS) is 17.3. The van der Waals surface area contributed by atoms with Gasteiger partial charge in [-0.2, -0.15) is 5.10 Å².